The van der Waals surface area contributed by atoms with Crippen LogP contribution in [0.5, 0.6) is 0 Å². The van der Waals surface area contributed by atoms with Gasteiger partial charge in [-0.3, -0.25) is 0 Å². The molecule has 5 heteroatoms. The molecule has 0 unspecified atom stereocenters. The summed E-state index contributed by atoms with van der Waals surface area (Å²) in [7, 11) is 1.70. The van der Waals surface area contributed by atoms with Gasteiger partial charge < -0.3 is 10.1 Å². The Hall–Kier alpha value is -0.810. The molecule has 0 spiro atoms. The number of methoxy groups -OCH3 is 1. The van der Waals surface area contributed by atoms with Crippen molar-refractivity contribution in [3.63, 3.8) is 0 Å². The molecule has 1 aliphatic rings. The smallest absolute Gasteiger partial charge is 0.136 e. The van der Waals surface area contributed by atoms with Crippen LogP contribution in [0, 0.1) is 0 Å². The van der Waals surface area contributed by atoms with Crippen LogP contribution in [0.1, 0.15) is 51.6 Å². The fourth-order valence-electron chi connectivity index (χ4n) is 2.42. The van der Waals surface area contributed by atoms with Crippen LogP contribution in [0.4, 0.5) is 5.82 Å². The molecule has 1 fully saturated rings. The Kier molecular flexibility index (Phi) is 5.15. The molecular formula is C16H27N3OS. The van der Waals surface area contributed by atoms with Gasteiger partial charge in [0.05, 0.1) is 12.3 Å². The van der Waals surface area contributed by atoms with E-state index in [4.69, 9.17) is 9.72 Å². The second-order valence-electron chi connectivity index (χ2n) is 6.85. The predicted octanol–water partition coefficient (Wildman–Crippen LogP) is 3.62. The maximum absolute atomic E-state index is 5.23. The number of aromatic nitrogens is 2. The van der Waals surface area contributed by atoms with Gasteiger partial charge in [-0.1, -0.05) is 27.2 Å². The van der Waals surface area contributed by atoms with Crippen LogP contribution < -0.4 is 5.32 Å². The molecular weight excluding hydrogens is 282 g/mol. The zero-order valence-electron chi connectivity index (χ0n) is 13.8. The molecule has 1 N–H and O–H groups in total. The third-order valence-corrected chi connectivity index (χ3v) is 5.45. The summed E-state index contributed by atoms with van der Waals surface area (Å²) in [6.45, 7) is 7.91. The Balaban J connectivity index is 2.15. The Labute approximate surface area is 132 Å². The molecule has 0 saturated heterocycles. The topological polar surface area (TPSA) is 47.0 Å². The molecule has 21 heavy (non-hydrogen) atoms. The number of ether oxygens (including phenoxy) is 1. The van der Waals surface area contributed by atoms with Crippen LogP contribution in [-0.2, 0) is 16.8 Å². The van der Waals surface area contributed by atoms with Gasteiger partial charge in [0.2, 0.25) is 0 Å². The Morgan fingerprint density at radius 1 is 1.33 bits per heavy atom. The van der Waals surface area contributed by atoms with Crippen molar-refractivity contribution in [3.05, 3.63) is 17.6 Å². The minimum absolute atomic E-state index is 0.0617. The number of thioether (sulfide) groups is 1. The van der Waals surface area contributed by atoms with E-state index in [1.807, 2.05) is 17.8 Å². The highest BCUT2D eigenvalue weighted by Gasteiger charge is 2.36. The van der Waals surface area contributed by atoms with Gasteiger partial charge in [-0.05, 0) is 19.1 Å². The van der Waals surface area contributed by atoms with E-state index in [-0.39, 0.29) is 5.41 Å². The highest BCUT2D eigenvalue weighted by molar-refractivity contribution is 8.00. The SMILES string of the molecule is COCc1cc(NCC2(SC)CCC2)nc(C(C)(C)C)n1. The molecule has 0 aromatic carbocycles. The van der Waals surface area contributed by atoms with E-state index in [2.05, 4.69) is 37.3 Å². The number of rotatable bonds is 6. The lowest BCUT2D eigenvalue weighted by atomic mass is 9.84. The van der Waals surface area contributed by atoms with E-state index >= 15 is 0 Å². The Bertz CT molecular complexity index is 475. The summed E-state index contributed by atoms with van der Waals surface area (Å²) in [5, 5.41) is 3.52. The largest absolute Gasteiger partial charge is 0.378 e. The molecule has 1 saturated carbocycles. The van der Waals surface area contributed by atoms with Gasteiger partial charge >= 0.3 is 0 Å². The van der Waals surface area contributed by atoms with Gasteiger partial charge in [0, 0.05) is 29.9 Å². The van der Waals surface area contributed by atoms with E-state index in [1.165, 1.54) is 19.3 Å². The van der Waals surface area contributed by atoms with E-state index < -0.39 is 0 Å². The zero-order valence-corrected chi connectivity index (χ0v) is 14.6. The molecule has 4 nitrogen and oxygen atoms in total. The van der Waals surface area contributed by atoms with E-state index in [0.717, 1.165) is 23.9 Å². The quantitative estimate of drug-likeness (QED) is 0.869. The van der Waals surface area contributed by atoms with Crippen molar-refractivity contribution in [3.8, 4) is 0 Å². The van der Waals surface area contributed by atoms with Crippen LogP contribution >= 0.6 is 11.8 Å². The van der Waals surface area contributed by atoms with Crippen molar-refractivity contribution in [2.45, 2.75) is 56.8 Å². The molecule has 0 bridgehead atoms. The molecule has 1 aliphatic carbocycles. The molecule has 0 amide bonds. The van der Waals surface area contributed by atoms with Crippen molar-refractivity contribution in [2.75, 3.05) is 25.2 Å². The van der Waals surface area contributed by atoms with Crippen LogP contribution in [-0.4, -0.2) is 34.6 Å². The van der Waals surface area contributed by atoms with Crippen molar-refractivity contribution in [1.29, 1.82) is 0 Å². The van der Waals surface area contributed by atoms with Crippen molar-refractivity contribution >= 4 is 17.6 Å². The Morgan fingerprint density at radius 2 is 2.05 bits per heavy atom. The fraction of sp³-hybridized carbons (Fsp3) is 0.750. The first-order valence-corrected chi connectivity index (χ1v) is 8.77. The average molecular weight is 309 g/mol. The highest BCUT2D eigenvalue weighted by Crippen LogP contribution is 2.42. The summed E-state index contributed by atoms with van der Waals surface area (Å²) in [4.78, 5) is 9.31. The molecule has 0 atom stereocenters. The third kappa shape index (κ3) is 4.10. The van der Waals surface area contributed by atoms with E-state index in [0.29, 0.717) is 11.4 Å². The third-order valence-electron chi connectivity index (χ3n) is 4.03. The number of nitrogens with one attached hydrogen (secondary N) is 1. The molecule has 2 rings (SSSR count). The minimum Gasteiger partial charge on any atom is -0.378 e. The number of anilines is 1. The minimum atomic E-state index is -0.0617. The van der Waals surface area contributed by atoms with Crippen molar-refractivity contribution in [1.82, 2.24) is 9.97 Å². The van der Waals surface area contributed by atoms with Crippen LogP contribution in [0.15, 0.2) is 6.07 Å². The summed E-state index contributed by atoms with van der Waals surface area (Å²) in [5.74, 6) is 1.79. The molecule has 0 radical (unpaired) electrons. The number of hydrogen-bond donors (Lipinski definition) is 1. The molecule has 1 aromatic rings. The second kappa shape index (κ2) is 6.53. The zero-order chi connectivity index (χ0) is 15.5. The lowest BCUT2D eigenvalue weighted by molar-refractivity contribution is 0.181. The Morgan fingerprint density at radius 3 is 2.52 bits per heavy atom. The van der Waals surface area contributed by atoms with Crippen molar-refractivity contribution < 1.29 is 4.74 Å². The van der Waals surface area contributed by atoms with Crippen LogP contribution in [0.2, 0.25) is 0 Å². The summed E-state index contributed by atoms with van der Waals surface area (Å²) in [5.41, 5.74) is 0.875. The average Bonchev–Trinajstić information content (AvgIpc) is 2.37. The number of nitrogens with zero attached hydrogens (tertiary/aromatic N) is 2. The first-order valence-electron chi connectivity index (χ1n) is 7.55. The van der Waals surface area contributed by atoms with Crippen LogP contribution in [0.25, 0.3) is 0 Å². The molecule has 118 valence electrons. The highest BCUT2D eigenvalue weighted by atomic mass is 32.2. The summed E-state index contributed by atoms with van der Waals surface area (Å²) in [6, 6.07) is 2.01. The fourth-order valence-corrected chi connectivity index (χ4v) is 3.33. The first-order chi connectivity index (χ1) is 9.88. The standard InChI is InChI=1S/C16H27N3OS/c1-15(2,3)14-18-12(10-20-4)9-13(19-14)17-11-16(21-5)7-6-8-16/h9H,6-8,10-11H2,1-5H3,(H,17,18,19). The lowest BCUT2D eigenvalue weighted by Crippen LogP contribution is -2.40. The van der Waals surface area contributed by atoms with Gasteiger partial charge in [0.15, 0.2) is 0 Å². The maximum Gasteiger partial charge on any atom is 0.136 e. The van der Waals surface area contributed by atoms with Crippen molar-refractivity contribution in [2.24, 2.45) is 0 Å². The van der Waals surface area contributed by atoms with Gasteiger partial charge in [0.1, 0.15) is 11.6 Å². The van der Waals surface area contributed by atoms with Gasteiger partial charge in [-0.15, -0.1) is 0 Å². The van der Waals surface area contributed by atoms with Gasteiger partial charge in [-0.2, -0.15) is 11.8 Å². The number of hydrogen-bond acceptors (Lipinski definition) is 5. The maximum atomic E-state index is 5.23. The summed E-state index contributed by atoms with van der Waals surface area (Å²) in [6.07, 6.45) is 6.14. The second-order valence-corrected chi connectivity index (χ2v) is 8.12. The van der Waals surface area contributed by atoms with Gasteiger partial charge in [0.25, 0.3) is 0 Å². The summed E-state index contributed by atoms with van der Waals surface area (Å²) >= 11 is 1.97. The van der Waals surface area contributed by atoms with E-state index in [1.54, 1.807) is 7.11 Å². The predicted molar refractivity (Wildman–Crippen MR) is 90.0 cm³/mol. The molecule has 1 aromatic heterocycles. The molecule has 1 heterocycles. The van der Waals surface area contributed by atoms with Crippen LogP contribution in [0.3, 0.4) is 0 Å². The summed E-state index contributed by atoms with van der Waals surface area (Å²) < 4.78 is 5.62. The monoisotopic (exact) mass is 309 g/mol. The van der Waals surface area contributed by atoms with Gasteiger partial charge in [-0.25, -0.2) is 9.97 Å². The first kappa shape index (κ1) is 16.6. The lowest BCUT2D eigenvalue weighted by Gasteiger charge is -2.40. The molecule has 0 aliphatic heterocycles. The normalized spacial score (nSPS) is 17.4. The van der Waals surface area contributed by atoms with E-state index in [9.17, 15) is 0 Å².